The van der Waals surface area contributed by atoms with Crippen LogP contribution < -0.4 is 5.32 Å². The van der Waals surface area contributed by atoms with Crippen molar-refractivity contribution in [2.45, 2.75) is 32.9 Å². The molecule has 0 saturated carbocycles. The number of halogens is 3. The first-order chi connectivity index (χ1) is 16.3. The second-order valence-electron chi connectivity index (χ2n) is 8.26. The third-order valence-corrected chi connectivity index (χ3v) is 5.72. The van der Waals surface area contributed by atoms with Crippen LogP contribution in [0.1, 0.15) is 28.7 Å². The second-order valence-corrected chi connectivity index (χ2v) is 8.26. The molecule has 1 aliphatic rings. The lowest BCUT2D eigenvalue weighted by molar-refractivity contribution is 0.0606. The van der Waals surface area contributed by atoms with Gasteiger partial charge in [0.1, 0.15) is 17.5 Å². The lowest BCUT2D eigenvalue weighted by Gasteiger charge is -2.26. The van der Waals surface area contributed by atoms with Gasteiger partial charge in [-0.05, 0) is 37.1 Å². The van der Waals surface area contributed by atoms with Crippen LogP contribution in [0, 0.1) is 31.3 Å². The van der Waals surface area contributed by atoms with E-state index in [2.05, 4.69) is 10.5 Å². The van der Waals surface area contributed by atoms with Gasteiger partial charge in [-0.1, -0.05) is 47.6 Å². The summed E-state index contributed by atoms with van der Waals surface area (Å²) in [6.45, 7) is 3.70. The molecule has 0 aliphatic carbocycles. The molecule has 1 heterocycles. The van der Waals surface area contributed by atoms with E-state index in [1.165, 1.54) is 17.0 Å². The Bertz CT molecular complexity index is 1230. The lowest BCUT2D eigenvalue weighted by Crippen LogP contribution is -2.40. The van der Waals surface area contributed by atoms with Gasteiger partial charge < -0.3 is 15.1 Å². The van der Waals surface area contributed by atoms with Gasteiger partial charge in [0.15, 0.2) is 6.10 Å². The number of amides is 2. The van der Waals surface area contributed by atoms with Crippen molar-refractivity contribution in [2.75, 3.05) is 11.9 Å². The van der Waals surface area contributed by atoms with E-state index in [1.54, 1.807) is 18.2 Å². The van der Waals surface area contributed by atoms with Gasteiger partial charge in [0.05, 0.1) is 18.8 Å². The fraction of sp³-hybridized carbons (Fsp3) is 0.231. The maximum atomic E-state index is 14.4. The van der Waals surface area contributed by atoms with Gasteiger partial charge in [-0.15, -0.1) is 0 Å². The van der Waals surface area contributed by atoms with Crippen LogP contribution in [-0.2, 0) is 11.4 Å². The van der Waals surface area contributed by atoms with Crippen LogP contribution in [0.5, 0.6) is 0 Å². The number of hydrogen-bond donors (Lipinski definition) is 1. The molecule has 0 saturated heterocycles. The number of carbonyl (C=O) groups excluding carboxylic acids is 1. The van der Waals surface area contributed by atoms with Crippen LogP contribution >= 0.6 is 0 Å². The Labute approximate surface area is 195 Å². The van der Waals surface area contributed by atoms with E-state index in [9.17, 15) is 18.0 Å². The Kier molecular flexibility index (Phi) is 6.86. The number of hydrogen-bond acceptors (Lipinski definition) is 3. The van der Waals surface area contributed by atoms with Crippen molar-refractivity contribution >= 4 is 17.4 Å². The van der Waals surface area contributed by atoms with E-state index in [-0.39, 0.29) is 25.1 Å². The summed E-state index contributed by atoms with van der Waals surface area (Å²) >= 11 is 0. The van der Waals surface area contributed by atoms with Crippen LogP contribution in [0.15, 0.2) is 65.8 Å². The van der Waals surface area contributed by atoms with Gasteiger partial charge >= 0.3 is 6.03 Å². The SMILES string of the molecule is Cc1cccc(C)c1NC(=O)N(Cc1ccc(F)cc1F)C[C@@H]1CC(c2ccccc2F)=NO1. The zero-order valence-electron chi connectivity index (χ0n) is 18.8. The number of oxime groups is 1. The maximum absolute atomic E-state index is 14.4. The van der Waals surface area contributed by atoms with Gasteiger partial charge in [-0.2, -0.15) is 0 Å². The minimum Gasteiger partial charge on any atom is -0.390 e. The summed E-state index contributed by atoms with van der Waals surface area (Å²) in [5.74, 6) is -1.86. The van der Waals surface area contributed by atoms with E-state index in [4.69, 9.17) is 4.84 Å². The number of rotatable bonds is 6. The zero-order chi connectivity index (χ0) is 24.2. The molecule has 2 amide bonds. The molecule has 1 atom stereocenters. The number of anilines is 1. The van der Waals surface area contributed by atoms with Crippen molar-refractivity contribution < 1.29 is 22.8 Å². The highest BCUT2D eigenvalue weighted by Crippen LogP contribution is 2.23. The van der Waals surface area contributed by atoms with E-state index >= 15 is 0 Å². The summed E-state index contributed by atoms with van der Waals surface area (Å²) in [5.41, 5.74) is 3.35. The summed E-state index contributed by atoms with van der Waals surface area (Å²) < 4.78 is 41.9. The largest absolute Gasteiger partial charge is 0.390 e. The highest BCUT2D eigenvalue weighted by atomic mass is 19.1. The quantitative estimate of drug-likeness (QED) is 0.487. The Morgan fingerprint density at radius 2 is 1.76 bits per heavy atom. The number of carbonyl (C=O) groups is 1. The minimum atomic E-state index is -0.750. The van der Waals surface area contributed by atoms with E-state index < -0.39 is 29.6 Å². The number of para-hydroxylation sites is 1. The fourth-order valence-electron chi connectivity index (χ4n) is 3.90. The minimum absolute atomic E-state index is 0.0645. The van der Waals surface area contributed by atoms with E-state index in [1.807, 2.05) is 32.0 Å². The summed E-state index contributed by atoms with van der Waals surface area (Å²) in [6.07, 6.45) is -0.276. The topological polar surface area (TPSA) is 53.9 Å². The van der Waals surface area contributed by atoms with Crippen molar-refractivity contribution in [1.29, 1.82) is 0 Å². The Balaban J connectivity index is 1.54. The van der Waals surface area contributed by atoms with E-state index in [0.717, 1.165) is 23.3 Å². The highest BCUT2D eigenvalue weighted by molar-refractivity contribution is 6.01. The summed E-state index contributed by atoms with van der Waals surface area (Å²) in [7, 11) is 0. The molecule has 3 aromatic carbocycles. The predicted octanol–water partition coefficient (Wildman–Crippen LogP) is 5.95. The van der Waals surface area contributed by atoms with Gasteiger partial charge in [-0.3, -0.25) is 0 Å². The van der Waals surface area contributed by atoms with Crippen LogP contribution in [0.2, 0.25) is 0 Å². The molecule has 8 heteroatoms. The first-order valence-electron chi connectivity index (χ1n) is 10.9. The standard InChI is InChI=1S/C26H24F3N3O2/c1-16-6-5-7-17(2)25(16)30-26(33)32(14-18-10-11-19(27)12-23(18)29)15-20-13-24(31-34-20)21-8-3-4-9-22(21)28/h3-12,20H,13-15H2,1-2H3,(H,30,33)/t20-/m0/s1. The van der Waals surface area contributed by atoms with Crippen LogP contribution in [0.4, 0.5) is 23.7 Å². The van der Waals surface area contributed by atoms with Crippen molar-refractivity contribution in [3.05, 3.63) is 100 Å². The van der Waals surface area contributed by atoms with Gasteiger partial charge in [-0.25, -0.2) is 18.0 Å². The lowest BCUT2D eigenvalue weighted by atomic mass is 10.0. The monoisotopic (exact) mass is 467 g/mol. The van der Waals surface area contributed by atoms with Crippen LogP contribution in [0.3, 0.4) is 0 Å². The molecule has 0 fully saturated rings. The molecule has 5 nitrogen and oxygen atoms in total. The van der Waals surface area contributed by atoms with Crippen LogP contribution in [0.25, 0.3) is 0 Å². The maximum Gasteiger partial charge on any atom is 0.322 e. The van der Waals surface area contributed by atoms with Gasteiger partial charge in [0.25, 0.3) is 0 Å². The second kappa shape index (κ2) is 9.99. The van der Waals surface area contributed by atoms with Crippen molar-refractivity contribution in [3.8, 4) is 0 Å². The number of aryl methyl sites for hydroxylation is 2. The van der Waals surface area contributed by atoms with Crippen molar-refractivity contribution in [1.82, 2.24) is 4.90 Å². The number of benzene rings is 3. The van der Waals surface area contributed by atoms with E-state index in [0.29, 0.717) is 17.0 Å². The molecule has 0 unspecified atom stereocenters. The molecule has 1 N–H and O–H groups in total. The highest BCUT2D eigenvalue weighted by Gasteiger charge is 2.29. The molecule has 1 aliphatic heterocycles. The zero-order valence-corrected chi connectivity index (χ0v) is 18.8. The molecular weight excluding hydrogens is 443 g/mol. The third kappa shape index (κ3) is 5.22. The Morgan fingerprint density at radius 3 is 2.47 bits per heavy atom. The normalized spacial score (nSPS) is 15.0. The van der Waals surface area contributed by atoms with Crippen molar-refractivity contribution in [2.24, 2.45) is 5.16 Å². The molecule has 0 aromatic heterocycles. The Morgan fingerprint density at radius 1 is 1.03 bits per heavy atom. The predicted molar refractivity (Wildman–Crippen MR) is 124 cm³/mol. The molecule has 0 radical (unpaired) electrons. The first-order valence-corrected chi connectivity index (χ1v) is 10.9. The number of nitrogens with zero attached hydrogens (tertiary/aromatic N) is 2. The average Bonchev–Trinajstić information content (AvgIpc) is 3.26. The molecule has 4 rings (SSSR count). The molecule has 176 valence electrons. The summed E-state index contributed by atoms with van der Waals surface area (Å²) in [6, 6.07) is 14.6. The number of nitrogens with one attached hydrogen (secondary N) is 1. The molecule has 3 aromatic rings. The Hall–Kier alpha value is -3.81. The van der Waals surface area contributed by atoms with Gasteiger partial charge in [0, 0.05) is 29.3 Å². The molecule has 0 spiro atoms. The fourth-order valence-corrected chi connectivity index (χ4v) is 3.90. The van der Waals surface area contributed by atoms with Gasteiger partial charge in [0.2, 0.25) is 0 Å². The van der Waals surface area contributed by atoms with Crippen LogP contribution in [-0.4, -0.2) is 29.3 Å². The van der Waals surface area contributed by atoms with Crippen molar-refractivity contribution in [3.63, 3.8) is 0 Å². The number of urea groups is 1. The summed E-state index contributed by atoms with van der Waals surface area (Å²) in [4.78, 5) is 20.1. The molecule has 34 heavy (non-hydrogen) atoms. The third-order valence-electron chi connectivity index (χ3n) is 5.72. The summed E-state index contributed by atoms with van der Waals surface area (Å²) in [5, 5.41) is 6.90. The smallest absolute Gasteiger partial charge is 0.322 e. The molecule has 0 bridgehead atoms. The first kappa shape index (κ1) is 23.4. The average molecular weight is 467 g/mol. The molecular formula is C26H24F3N3O2.